The molecule has 0 amide bonds. The molecular formula is C113H77N7Si2. The lowest BCUT2D eigenvalue weighted by Gasteiger charge is -2.32. The summed E-state index contributed by atoms with van der Waals surface area (Å²) in [4.78, 5) is 22.7. The van der Waals surface area contributed by atoms with Crippen molar-refractivity contribution in [3.05, 3.63) is 442 Å². The van der Waals surface area contributed by atoms with Gasteiger partial charge < -0.3 is 13.7 Å². The van der Waals surface area contributed by atoms with Crippen LogP contribution < -0.4 is 41.5 Å². The van der Waals surface area contributed by atoms with Crippen LogP contribution in [-0.2, 0) is 5.41 Å². The fourth-order valence-electron chi connectivity index (χ4n) is 21.1. The lowest BCUT2D eigenvalue weighted by Crippen LogP contribution is -2.73. The van der Waals surface area contributed by atoms with Gasteiger partial charge in [-0.3, -0.25) is 0 Å². The molecule has 1 aliphatic carbocycles. The molecule has 0 N–H and O–H groups in total. The minimum atomic E-state index is -2.89. The zero-order chi connectivity index (χ0) is 80.8. The van der Waals surface area contributed by atoms with Crippen LogP contribution in [-0.4, -0.2) is 49.8 Å². The largest absolute Gasteiger partial charge is 0.309 e. The number of aromatic nitrogens is 7. The third kappa shape index (κ3) is 10.6. The molecule has 3 aliphatic rings. The van der Waals surface area contributed by atoms with E-state index in [1.54, 1.807) is 0 Å². The number of fused-ring (bicyclic) bond motifs is 18. The quantitative estimate of drug-likeness (QED) is 0.121. The number of hydrogen-bond donors (Lipinski definition) is 0. The van der Waals surface area contributed by atoms with Crippen molar-refractivity contribution in [1.82, 2.24) is 33.6 Å². The van der Waals surface area contributed by atoms with Gasteiger partial charge >= 0.3 is 0 Å². The molecule has 17 aromatic carbocycles. The van der Waals surface area contributed by atoms with Crippen LogP contribution in [0.25, 0.3) is 161 Å². The molecule has 0 saturated carbocycles. The third-order valence-corrected chi connectivity index (χ3v) is 36.0. The Kier molecular flexibility index (Phi) is 16.2. The van der Waals surface area contributed by atoms with E-state index in [0.717, 1.165) is 78.9 Å². The highest BCUT2D eigenvalue weighted by atomic mass is 28.3. The summed E-state index contributed by atoms with van der Waals surface area (Å²) in [7, 11) is -5.75. The molecule has 0 spiro atoms. The van der Waals surface area contributed by atoms with Gasteiger partial charge in [-0.15, -0.1) is 0 Å². The van der Waals surface area contributed by atoms with Crippen molar-refractivity contribution in [2.24, 2.45) is 0 Å². The van der Waals surface area contributed by atoms with Crippen LogP contribution in [0.1, 0.15) is 25.0 Å². The minimum Gasteiger partial charge on any atom is -0.309 e. The minimum absolute atomic E-state index is 0.107. The summed E-state index contributed by atoms with van der Waals surface area (Å²) < 4.78 is 7.26. The van der Waals surface area contributed by atoms with Gasteiger partial charge in [0.1, 0.15) is 0 Å². The maximum atomic E-state index is 5.68. The number of nitrogens with zero attached hydrogens (tertiary/aromatic N) is 7. The number of hydrogen-bond acceptors (Lipinski definition) is 4. The van der Waals surface area contributed by atoms with E-state index in [4.69, 9.17) is 19.9 Å². The second kappa shape index (κ2) is 27.9. The van der Waals surface area contributed by atoms with E-state index in [9.17, 15) is 0 Å². The van der Waals surface area contributed by atoms with Crippen LogP contribution in [0.5, 0.6) is 0 Å². The topological polar surface area (TPSA) is 66.3 Å². The van der Waals surface area contributed by atoms with Crippen LogP contribution in [0.2, 0.25) is 0 Å². The first-order chi connectivity index (χ1) is 60.3. The van der Waals surface area contributed by atoms with Gasteiger partial charge in [-0.1, -0.05) is 366 Å². The molecule has 25 rings (SSSR count). The zero-order valence-corrected chi connectivity index (χ0v) is 69.1. The first kappa shape index (κ1) is 70.9. The van der Waals surface area contributed by atoms with Crippen molar-refractivity contribution in [3.63, 3.8) is 0 Å². The average Bonchev–Trinajstić information content (AvgIpc) is 1.51. The van der Waals surface area contributed by atoms with Crippen molar-refractivity contribution in [2.75, 3.05) is 0 Å². The van der Waals surface area contributed by atoms with E-state index < -0.39 is 16.1 Å². The summed E-state index contributed by atoms with van der Waals surface area (Å²) in [6.45, 7) is 4.72. The van der Waals surface area contributed by atoms with E-state index in [2.05, 4.69) is 458 Å². The third-order valence-electron chi connectivity index (χ3n) is 26.2. The predicted octanol–water partition coefficient (Wildman–Crippen LogP) is 21.9. The normalized spacial score (nSPS) is 13.5. The van der Waals surface area contributed by atoms with Crippen molar-refractivity contribution < 1.29 is 0 Å². The maximum Gasteiger partial charge on any atom is 0.185 e. The van der Waals surface area contributed by atoms with Gasteiger partial charge in [0.2, 0.25) is 0 Å². The highest BCUT2D eigenvalue weighted by Crippen LogP contribution is 2.52. The fraction of sp³-hybridized carbons (Fsp3) is 0.0265. The molecule has 122 heavy (non-hydrogen) atoms. The molecule has 5 aromatic heterocycles. The first-order valence-corrected chi connectivity index (χ1v) is 46.1. The van der Waals surface area contributed by atoms with Gasteiger partial charge in [-0.2, -0.15) is 0 Å². The van der Waals surface area contributed by atoms with E-state index >= 15 is 0 Å². The summed E-state index contributed by atoms with van der Waals surface area (Å²) in [6, 6.07) is 157. The van der Waals surface area contributed by atoms with E-state index in [-0.39, 0.29) is 5.41 Å². The molecule has 7 heterocycles. The smallest absolute Gasteiger partial charge is 0.185 e. The Morgan fingerprint density at radius 3 is 0.967 bits per heavy atom. The molecule has 0 atom stereocenters. The Balaban J connectivity index is 0.000000138. The lowest BCUT2D eigenvalue weighted by molar-refractivity contribution is 0.661. The highest BCUT2D eigenvalue weighted by Gasteiger charge is 2.54. The Hall–Kier alpha value is -15.3. The van der Waals surface area contributed by atoms with Gasteiger partial charge in [0.05, 0.1) is 55.9 Å². The van der Waals surface area contributed by atoms with Crippen LogP contribution in [0, 0.1) is 0 Å². The van der Waals surface area contributed by atoms with Gasteiger partial charge in [0.15, 0.2) is 27.8 Å². The molecule has 22 aromatic rings. The van der Waals surface area contributed by atoms with E-state index in [1.165, 1.54) is 129 Å². The Morgan fingerprint density at radius 1 is 0.213 bits per heavy atom. The Labute approximate surface area is 708 Å². The van der Waals surface area contributed by atoms with E-state index in [1.807, 2.05) is 0 Å². The molecule has 2 aliphatic heterocycles. The van der Waals surface area contributed by atoms with Gasteiger partial charge in [0, 0.05) is 98.5 Å². The summed E-state index contributed by atoms with van der Waals surface area (Å²) in [5.41, 5.74) is 26.2. The van der Waals surface area contributed by atoms with Crippen LogP contribution in [0.15, 0.2) is 431 Å². The molecule has 0 unspecified atom stereocenters. The predicted molar refractivity (Wildman–Crippen MR) is 512 cm³/mol. The number of para-hydroxylation sites is 4. The summed E-state index contributed by atoms with van der Waals surface area (Å²) in [5, 5.41) is 17.9. The summed E-state index contributed by atoms with van der Waals surface area (Å²) in [5.74, 6) is 1.44. The van der Waals surface area contributed by atoms with Crippen LogP contribution in [0.4, 0.5) is 0 Å². The molecule has 0 saturated heterocycles. The van der Waals surface area contributed by atoms with Gasteiger partial charge in [-0.25, -0.2) is 19.9 Å². The second-order valence-corrected chi connectivity index (χ2v) is 40.4. The molecule has 7 nitrogen and oxygen atoms in total. The monoisotopic (exact) mass is 1590 g/mol. The molecule has 0 radical (unpaired) electrons. The summed E-state index contributed by atoms with van der Waals surface area (Å²) in [6.07, 6.45) is 0. The van der Waals surface area contributed by atoms with E-state index in [0.29, 0.717) is 5.82 Å². The SMILES string of the molecule is CC1(C)c2ccccc2-c2cc3c4ccccc4n(-c4cccc(-c5nc(-c6ccccc6)c6c(n5)-c5ccccc5[Si]6(c5ccccc5)c5ccccc5)c4)c3cc21.c1ccc(-c2nc(-c3cccc(-n4c5ccccc5c5cc6c7ccccc7n(-c7ccccc7)c6cc54)c3)nc3c2[Si](c2ccccc2)(c2ccccc2)c2ccccc2-3)cc1. The molecule has 572 valence electrons. The molecule has 9 heteroatoms. The zero-order valence-electron chi connectivity index (χ0n) is 67.1. The second-order valence-electron chi connectivity index (χ2n) is 33.0. The van der Waals surface area contributed by atoms with Crippen molar-refractivity contribution in [2.45, 2.75) is 19.3 Å². The first-order valence-electron chi connectivity index (χ1n) is 42.1. The molecular weight excluding hydrogens is 1510 g/mol. The standard InChI is InChI=1S/C58H38N4Si.C55H39N3Si/c1-5-20-39(21-6-1)55-57-56(47-32-15-18-35-54(47)63(57,43-26-9-3-10-27-43)44-28-11-4-12-29-44)60-58(59-55)40-22-19-25-42(36-40)62-51-34-17-14-31-46(51)49-37-48-45-30-13-16-33-50(45)61(52(48)38-53(49)62)41-23-7-2-8-24-41;1-55(2)46-30-15-12-27-41(46)44-34-45-42-28-13-16-31-48(42)58(49(45)35-47(44)55)38-22-18-21-37(33-38)54-56-51(36-19-6-3-7-20-36)53-52(57-54)43-29-14-17-32-50(43)59(53,39-23-8-4-9-24-39)40-25-10-5-11-26-40/h1-38H;3-35H,1-2H3. The fourth-order valence-corrected chi connectivity index (χ4v) is 31.5. The molecule has 0 fully saturated rings. The van der Waals surface area contributed by atoms with Crippen LogP contribution in [0.3, 0.4) is 0 Å². The lowest BCUT2D eigenvalue weighted by atomic mass is 9.82. The number of rotatable bonds is 11. The van der Waals surface area contributed by atoms with Crippen molar-refractivity contribution in [3.8, 4) is 96.0 Å². The highest BCUT2D eigenvalue weighted by molar-refractivity contribution is 7.23. The average molecular weight is 1590 g/mol. The maximum absolute atomic E-state index is 5.68. The number of benzene rings is 17. The summed E-state index contributed by atoms with van der Waals surface area (Å²) >= 11 is 0. The van der Waals surface area contributed by atoms with Crippen molar-refractivity contribution in [1.29, 1.82) is 0 Å². The van der Waals surface area contributed by atoms with Crippen molar-refractivity contribution >= 4 is 123 Å². The molecule has 0 bridgehead atoms. The van der Waals surface area contributed by atoms with Crippen LogP contribution >= 0.6 is 0 Å². The Morgan fingerprint density at radius 2 is 0.533 bits per heavy atom. The Bertz CT molecular complexity index is 7880. The van der Waals surface area contributed by atoms with Gasteiger partial charge in [0.25, 0.3) is 0 Å². The van der Waals surface area contributed by atoms with Gasteiger partial charge in [-0.05, 0) is 132 Å².